The maximum absolute atomic E-state index is 13.9. The van der Waals surface area contributed by atoms with Crippen molar-refractivity contribution in [1.82, 2.24) is 4.98 Å². The minimum absolute atomic E-state index is 0.0819. The van der Waals surface area contributed by atoms with Crippen molar-refractivity contribution >= 4 is 26.8 Å². The van der Waals surface area contributed by atoms with Gasteiger partial charge in [0.1, 0.15) is 11.6 Å². The summed E-state index contributed by atoms with van der Waals surface area (Å²) in [6.07, 6.45) is 0. The Hall–Kier alpha value is -1.85. The van der Waals surface area contributed by atoms with E-state index in [0.717, 1.165) is 29.1 Å². The van der Waals surface area contributed by atoms with Crippen LogP contribution in [-0.2, 0) is 0 Å². The van der Waals surface area contributed by atoms with Crippen LogP contribution in [0.25, 0.3) is 10.9 Å². The predicted octanol–water partition coefficient (Wildman–Crippen LogP) is 4.32. The first-order valence-corrected chi connectivity index (χ1v) is 7.11. The minimum atomic E-state index is -0.848. The molecule has 2 aromatic carbocycles. The second-order valence-corrected chi connectivity index (χ2v) is 5.55. The molecule has 3 aromatic rings. The second kappa shape index (κ2) is 5.50. The lowest BCUT2D eigenvalue weighted by atomic mass is 10.0. The summed E-state index contributed by atoms with van der Waals surface area (Å²) in [5.41, 5.74) is 7.38. The van der Waals surface area contributed by atoms with E-state index < -0.39 is 17.7 Å². The van der Waals surface area contributed by atoms with Gasteiger partial charge in [0.15, 0.2) is 0 Å². The van der Waals surface area contributed by atoms with Crippen LogP contribution >= 0.6 is 15.9 Å². The maximum atomic E-state index is 13.9. The molecule has 5 heteroatoms. The Bertz CT molecular complexity index is 820. The molecule has 0 amide bonds. The number of fused-ring (bicyclic) bond motifs is 1. The van der Waals surface area contributed by atoms with Gasteiger partial charge in [0, 0.05) is 15.4 Å². The highest BCUT2D eigenvalue weighted by atomic mass is 79.9. The Kier molecular flexibility index (Phi) is 3.69. The van der Waals surface area contributed by atoms with Crippen LogP contribution in [0.15, 0.2) is 53.0 Å². The number of aromatic nitrogens is 1. The van der Waals surface area contributed by atoms with E-state index >= 15 is 0 Å². The molecule has 0 aliphatic carbocycles. The lowest BCUT2D eigenvalue weighted by Crippen LogP contribution is -2.16. The number of nitrogens with two attached hydrogens (primary N) is 1. The fraction of sp³-hybridized carbons (Fsp3) is 0.0625. The first-order chi connectivity index (χ1) is 10.1. The van der Waals surface area contributed by atoms with Crippen molar-refractivity contribution < 1.29 is 8.78 Å². The lowest BCUT2D eigenvalue weighted by Gasteiger charge is -2.15. The molecule has 0 aliphatic heterocycles. The Balaban J connectivity index is 2.14. The number of benzene rings is 2. The third-order valence-corrected chi connectivity index (χ3v) is 3.93. The van der Waals surface area contributed by atoms with Gasteiger partial charge in [-0.05, 0) is 46.3 Å². The average Bonchev–Trinajstić information content (AvgIpc) is 2.48. The van der Waals surface area contributed by atoms with Crippen LogP contribution in [0.3, 0.4) is 0 Å². The molecule has 0 fully saturated rings. The van der Waals surface area contributed by atoms with E-state index in [0.29, 0.717) is 10.2 Å². The number of hydrogen-bond donors (Lipinski definition) is 1. The highest BCUT2D eigenvalue weighted by molar-refractivity contribution is 9.10. The van der Waals surface area contributed by atoms with Crippen molar-refractivity contribution in [2.45, 2.75) is 6.04 Å². The van der Waals surface area contributed by atoms with Crippen LogP contribution in [0, 0.1) is 11.6 Å². The normalized spacial score (nSPS) is 12.6. The summed E-state index contributed by atoms with van der Waals surface area (Å²) in [5, 5.41) is 0.944. The van der Waals surface area contributed by atoms with Gasteiger partial charge in [-0.1, -0.05) is 18.2 Å². The topological polar surface area (TPSA) is 38.9 Å². The van der Waals surface area contributed by atoms with Crippen LogP contribution in [-0.4, -0.2) is 4.98 Å². The van der Waals surface area contributed by atoms with E-state index in [1.807, 2.05) is 30.3 Å². The number of pyridine rings is 1. The molecular weight excluding hydrogens is 338 g/mol. The van der Waals surface area contributed by atoms with Gasteiger partial charge in [0.05, 0.1) is 17.3 Å². The van der Waals surface area contributed by atoms with Crippen molar-refractivity contribution in [3.8, 4) is 0 Å². The quantitative estimate of drug-likeness (QED) is 0.748. The molecule has 0 saturated carbocycles. The molecule has 2 nitrogen and oxygen atoms in total. The lowest BCUT2D eigenvalue weighted by molar-refractivity contribution is 0.574. The molecule has 0 saturated heterocycles. The minimum Gasteiger partial charge on any atom is -0.319 e. The van der Waals surface area contributed by atoms with E-state index in [9.17, 15) is 8.78 Å². The van der Waals surface area contributed by atoms with E-state index in [4.69, 9.17) is 5.73 Å². The second-order valence-electron chi connectivity index (χ2n) is 4.69. The fourth-order valence-corrected chi connectivity index (χ4v) is 2.81. The zero-order valence-electron chi connectivity index (χ0n) is 10.9. The molecule has 0 spiro atoms. The first-order valence-electron chi connectivity index (χ1n) is 6.32. The van der Waals surface area contributed by atoms with Crippen molar-refractivity contribution in [1.29, 1.82) is 0 Å². The highest BCUT2D eigenvalue weighted by Gasteiger charge is 2.19. The van der Waals surface area contributed by atoms with Gasteiger partial charge in [-0.15, -0.1) is 0 Å². The number of nitrogens with zero attached hydrogens (tertiary/aromatic N) is 1. The smallest absolute Gasteiger partial charge is 0.128 e. The first kappa shape index (κ1) is 14.1. The number of halogens is 3. The maximum Gasteiger partial charge on any atom is 0.128 e. The van der Waals surface area contributed by atoms with Crippen molar-refractivity contribution in [3.63, 3.8) is 0 Å². The summed E-state index contributed by atoms with van der Waals surface area (Å²) in [5.74, 6) is -1.08. The fourth-order valence-electron chi connectivity index (χ4n) is 2.22. The number of para-hydroxylation sites is 1. The van der Waals surface area contributed by atoms with E-state index in [2.05, 4.69) is 20.9 Å². The largest absolute Gasteiger partial charge is 0.319 e. The van der Waals surface area contributed by atoms with Crippen LogP contribution in [0.5, 0.6) is 0 Å². The molecule has 106 valence electrons. The summed E-state index contributed by atoms with van der Waals surface area (Å²) < 4.78 is 27.8. The molecule has 1 heterocycles. The summed E-state index contributed by atoms with van der Waals surface area (Å²) in [6, 6.07) is 11.8. The molecule has 1 aromatic heterocycles. The number of rotatable bonds is 2. The molecule has 2 N–H and O–H groups in total. The van der Waals surface area contributed by atoms with Gasteiger partial charge in [-0.25, -0.2) is 13.8 Å². The monoisotopic (exact) mass is 348 g/mol. The van der Waals surface area contributed by atoms with Crippen LogP contribution in [0.1, 0.15) is 17.3 Å². The van der Waals surface area contributed by atoms with E-state index in [1.54, 1.807) is 0 Å². The summed E-state index contributed by atoms with van der Waals surface area (Å²) in [7, 11) is 0. The highest BCUT2D eigenvalue weighted by Crippen LogP contribution is 2.29. The van der Waals surface area contributed by atoms with Crippen LogP contribution < -0.4 is 5.73 Å². The third kappa shape index (κ3) is 2.66. The van der Waals surface area contributed by atoms with Crippen LogP contribution in [0.2, 0.25) is 0 Å². The SMILES string of the molecule is NC(c1cc(F)ccc1F)c1nc2ccccc2cc1Br. The molecule has 0 radical (unpaired) electrons. The number of hydrogen-bond acceptors (Lipinski definition) is 2. The van der Waals surface area contributed by atoms with Gasteiger partial charge in [-0.3, -0.25) is 0 Å². The average molecular weight is 349 g/mol. The summed E-state index contributed by atoms with van der Waals surface area (Å²) in [6.45, 7) is 0. The van der Waals surface area contributed by atoms with Gasteiger partial charge < -0.3 is 5.73 Å². The predicted molar refractivity (Wildman–Crippen MR) is 81.8 cm³/mol. The van der Waals surface area contributed by atoms with Crippen molar-refractivity contribution in [2.75, 3.05) is 0 Å². The van der Waals surface area contributed by atoms with Crippen molar-refractivity contribution in [3.05, 3.63) is 75.9 Å². The molecule has 1 atom stereocenters. The Morgan fingerprint density at radius 2 is 1.81 bits per heavy atom. The van der Waals surface area contributed by atoms with E-state index in [1.165, 1.54) is 0 Å². The molecule has 3 rings (SSSR count). The van der Waals surface area contributed by atoms with Gasteiger partial charge in [-0.2, -0.15) is 0 Å². The Labute approximate surface area is 128 Å². The molecular formula is C16H11BrF2N2. The van der Waals surface area contributed by atoms with Gasteiger partial charge >= 0.3 is 0 Å². The molecule has 0 bridgehead atoms. The summed E-state index contributed by atoms with van der Waals surface area (Å²) in [4.78, 5) is 4.46. The van der Waals surface area contributed by atoms with Crippen molar-refractivity contribution in [2.24, 2.45) is 5.73 Å². The zero-order chi connectivity index (χ0) is 15.0. The molecule has 1 unspecified atom stereocenters. The molecule has 21 heavy (non-hydrogen) atoms. The zero-order valence-corrected chi connectivity index (χ0v) is 12.4. The van der Waals surface area contributed by atoms with E-state index in [-0.39, 0.29) is 5.56 Å². The van der Waals surface area contributed by atoms with Gasteiger partial charge in [0.25, 0.3) is 0 Å². The van der Waals surface area contributed by atoms with Crippen LogP contribution in [0.4, 0.5) is 8.78 Å². The Morgan fingerprint density at radius 1 is 1.05 bits per heavy atom. The van der Waals surface area contributed by atoms with Gasteiger partial charge in [0.2, 0.25) is 0 Å². The summed E-state index contributed by atoms with van der Waals surface area (Å²) >= 11 is 3.40. The third-order valence-electron chi connectivity index (χ3n) is 3.29. The Morgan fingerprint density at radius 3 is 2.62 bits per heavy atom. The molecule has 0 aliphatic rings. The standard InChI is InChI=1S/C16H11BrF2N2/c17-12-7-9-3-1-2-4-14(9)21-16(12)15(20)11-8-10(18)5-6-13(11)19/h1-8,15H,20H2.